The fraction of sp³-hybridized carbons (Fsp3) is 0.333. The number of hydrogen-bond acceptors (Lipinski definition) is 4. The molecule has 0 spiro atoms. The number of nitrogens with zero attached hydrogens (tertiary/aromatic N) is 3. The minimum Gasteiger partial charge on any atom is -0.396 e. The Hall–Kier alpha value is -2.47. The third kappa shape index (κ3) is 2.53. The Morgan fingerprint density at radius 3 is 2.83 bits per heavy atom. The van der Waals surface area contributed by atoms with Crippen molar-refractivity contribution in [2.24, 2.45) is 0 Å². The molecule has 3 aromatic rings. The van der Waals surface area contributed by atoms with Gasteiger partial charge in [-0.15, -0.1) is 0 Å². The molecule has 6 heteroatoms. The molecule has 0 amide bonds. The average molecular weight is 326 g/mol. The van der Waals surface area contributed by atoms with Crippen molar-refractivity contribution >= 4 is 11.3 Å². The lowest BCUT2D eigenvalue weighted by Gasteiger charge is -2.23. The van der Waals surface area contributed by atoms with Crippen LogP contribution in [0.3, 0.4) is 0 Å². The zero-order chi connectivity index (χ0) is 16.7. The number of imidazole rings is 1. The average Bonchev–Trinajstić information content (AvgIpc) is 3.06. The highest BCUT2D eigenvalue weighted by molar-refractivity contribution is 5.70. The van der Waals surface area contributed by atoms with Crippen LogP contribution in [0.5, 0.6) is 0 Å². The van der Waals surface area contributed by atoms with Crippen molar-refractivity contribution in [1.29, 1.82) is 0 Å². The molecule has 1 fully saturated rings. The smallest absolute Gasteiger partial charge is 0.156 e. The van der Waals surface area contributed by atoms with Gasteiger partial charge in [0.15, 0.2) is 5.65 Å². The van der Waals surface area contributed by atoms with Gasteiger partial charge in [-0.2, -0.15) is 5.10 Å². The Morgan fingerprint density at radius 2 is 2.04 bits per heavy atom. The highest BCUT2D eigenvalue weighted by Gasteiger charge is 2.21. The van der Waals surface area contributed by atoms with Crippen LogP contribution < -0.4 is 5.73 Å². The minimum absolute atomic E-state index is 0.135. The number of rotatable bonds is 2. The molecule has 2 N–H and O–H groups in total. The number of anilines is 1. The van der Waals surface area contributed by atoms with Crippen molar-refractivity contribution in [3.05, 3.63) is 47.5 Å². The predicted molar refractivity (Wildman–Crippen MR) is 90.3 cm³/mol. The van der Waals surface area contributed by atoms with E-state index in [0.717, 1.165) is 54.1 Å². The summed E-state index contributed by atoms with van der Waals surface area (Å²) >= 11 is 0. The second-order valence-corrected chi connectivity index (χ2v) is 6.26. The highest BCUT2D eigenvalue weighted by Crippen LogP contribution is 2.33. The van der Waals surface area contributed by atoms with Gasteiger partial charge in [0.05, 0.1) is 11.4 Å². The summed E-state index contributed by atoms with van der Waals surface area (Å²) in [6.07, 6.45) is 5.53. The highest BCUT2D eigenvalue weighted by atomic mass is 19.1. The minimum atomic E-state index is -0.399. The second-order valence-electron chi connectivity index (χ2n) is 6.26. The summed E-state index contributed by atoms with van der Waals surface area (Å²) in [5, 5.41) is 4.64. The molecule has 1 aromatic carbocycles. The van der Waals surface area contributed by atoms with Gasteiger partial charge in [-0.3, -0.25) is 0 Å². The van der Waals surface area contributed by atoms with Gasteiger partial charge in [0.25, 0.3) is 0 Å². The summed E-state index contributed by atoms with van der Waals surface area (Å²) in [6.45, 7) is 3.39. The molecule has 0 atom stereocenters. The number of nitrogens with two attached hydrogens (primary N) is 1. The van der Waals surface area contributed by atoms with E-state index in [1.807, 2.05) is 13.1 Å². The summed E-state index contributed by atoms with van der Waals surface area (Å²) in [7, 11) is 0. The molecule has 4 rings (SSSR count). The summed E-state index contributed by atoms with van der Waals surface area (Å²) in [5.41, 5.74) is 10.4. The Bertz CT molecular complexity index is 899. The maximum atomic E-state index is 13.7. The molecule has 3 heterocycles. The van der Waals surface area contributed by atoms with Crippen LogP contribution in [0.25, 0.3) is 16.9 Å². The van der Waals surface area contributed by atoms with Crippen molar-refractivity contribution in [3.63, 3.8) is 0 Å². The number of halogens is 1. The Morgan fingerprint density at radius 1 is 1.25 bits per heavy atom. The quantitative estimate of drug-likeness (QED) is 0.734. The molecule has 1 aliphatic rings. The Balaban J connectivity index is 1.89. The van der Waals surface area contributed by atoms with E-state index in [1.54, 1.807) is 16.8 Å². The number of aryl methyl sites for hydroxylation is 1. The zero-order valence-electron chi connectivity index (χ0n) is 13.5. The van der Waals surface area contributed by atoms with Crippen LogP contribution in [0, 0.1) is 12.7 Å². The molecular weight excluding hydrogens is 307 g/mol. The molecule has 0 unspecified atom stereocenters. The first-order valence-electron chi connectivity index (χ1n) is 8.11. The van der Waals surface area contributed by atoms with Crippen LogP contribution in [0.2, 0.25) is 0 Å². The van der Waals surface area contributed by atoms with E-state index in [2.05, 4.69) is 16.1 Å². The Labute approximate surface area is 139 Å². The predicted octanol–water partition coefficient (Wildman–Crippen LogP) is 3.32. The fourth-order valence-electron chi connectivity index (χ4n) is 3.35. The van der Waals surface area contributed by atoms with E-state index in [-0.39, 0.29) is 5.69 Å². The van der Waals surface area contributed by atoms with Gasteiger partial charge in [-0.05, 0) is 49.4 Å². The fourth-order valence-corrected chi connectivity index (χ4v) is 3.35. The maximum absolute atomic E-state index is 13.7. The number of aromatic nitrogens is 3. The maximum Gasteiger partial charge on any atom is 0.156 e. The summed E-state index contributed by atoms with van der Waals surface area (Å²) in [6, 6.07) is 5.18. The van der Waals surface area contributed by atoms with Crippen LogP contribution in [-0.2, 0) is 4.74 Å². The molecule has 0 bridgehead atoms. The second kappa shape index (κ2) is 5.87. The first-order valence-corrected chi connectivity index (χ1v) is 8.11. The molecule has 2 aromatic heterocycles. The normalized spacial score (nSPS) is 15.9. The number of benzene rings is 1. The van der Waals surface area contributed by atoms with Gasteiger partial charge in [0, 0.05) is 36.7 Å². The van der Waals surface area contributed by atoms with E-state index in [0.29, 0.717) is 5.92 Å². The lowest BCUT2D eigenvalue weighted by atomic mass is 9.91. The van der Waals surface area contributed by atoms with Crippen LogP contribution in [0.1, 0.15) is 29.9 Å². The summed E-state index contributed by atoms with van der Waals surface area (Å²) in [4.78, 5) is 4.46. The molecule has 0 radical (unpaired) electrons. The number of ether oxygens (including phenoxy) is 1. The van der Waals surface area contributed by atoms with Crippen molar-refractivity contribution in [1.82, 2.24) is 14.6 Å². The SMILES string of the molecule is Cc1cc(F)c(N)cc1-c1cc(C2CCOCC2)c2nccn2n1. The molecule has 0 saturated carbocycles. The van der Waals surface area contributed by atoms with Gasteiger partial charge in [-0.25, -0.2) is 13.9 Å². The summed E-state index contributed by atoms with van der Waals surface area (Å²) < 4.78 is 20.9. The van der Waals surface area contributed by atoms with E-state index in [1.165, 1.54) is 6.07 Å². The van der Waals surface area contributed by atoms with E-state index < -0.39 is 5.82 Å². The van der Waals surface area contributed by atoms with Crippen molar-refractivity contribution in [2.75, 3.05) is 18.9 Å². The van der Waals surface area contributed by atoms with Crippen LogP contribution in [-0.4, -0.2) is 27.8 Å². The van der Waals surface area contributed by atoms with E-state index >= 15 is 0 Å². The summed E-state index contributed by atoms with van der Waals surface area (Å²) in [5.74, 6) is -0.00638. The van der Waals surface area contributed by atoms with Crippen LogP contribution in [0.4, 0.5) is 10.1 Å². The standard InChI is InChI=1S/C18H19FN4O/c1-11-8-15(19)16(20)9-13(11)17-10-14(12-2-6-24-7-3-12)18-21-4-5-23(18)22-17/h4-5,8-10,12H,2-3,6-7,20H2,1H3. The van der Waals surface area contributed by atoms with Gasteiger partial charge in [0.1, 0.15) is 5.82 Å². The van der Waals surface area contributed by atoms with E-state index in [9.17, 15) is 4.39 Å². The molecule has 5 nitrogen and oxygen atoms in total. The molecule has 24 heavy (non-hydrogen) atoms. The van der Waals surface area contributed by atoms with Crippen LogP contribution in [0.15, 0.2) is 30.6 Å². The van der Waals surface area contributed by atoms with Gasteiger partial charge in [0.2, 0.25) is 0 Å². The molecule has 1 aliphatic heterocycles. The number of hydrogen-bond donors (Lipinski definition) is 1. The first kappa shape index (κ1) is 15.1. The van der Waals surface area contributed by atoms with Crippen molar-refractivity contribution in [3.8, 4) is 11.3 Å². The van der Waals surface area contributed by atoms with Crippen molar-refractivity contribution < 1.29 is 9.13 Å². The van der Waals surface area contributed by atoms with Crippen LogP contribution >= 0.6 is 0 Å². The third-order valence-corrected chi connectivity index (χ3v) is 4.67. The third-order valence-electron chi connectivity index (χ3n) is 4.67. The van der Waals surface area contributed by atoms with Crippen molar-refractivity contribution in [2.45, 2.75) is 25.7 Å². The first-order chi connectivity index (χ1) is 11.6. The molecule has 0 aliphatic carbocycles. The Kier molecular flexibility index (Phi) is 3.69. The zero-order valence-corrected chi connectivity index (χ0v) is 13.5. The largest absolute Gasteiger partial charge is 0.396 e. The van der Waals surface area contributed by atoms with Gasteiger partial charge < -0.3 is 10.5 Å². The number of fused-ring (bicyclic) bond motifs is 1. The lowest BCUT2D eigenvalue weighted by Crippen LogP contribution is -2.15. The van der Waals surface area contributed by atoms with Gasteiger partial charge >= 0.3 is 0 Å². The van der Waals surface area contributed by atoms with E-state index in [4.69, 9.17) is 10.5 Å². The molecule has 1 saturated heterocycles. The molecule has 124 valence electrons. The molecular formula is C18H19FN4O. The lowest BCUT2D eigenvalue weighted by molar-refractivity contribution is 0.0855. The topological polar surface area (TPSA) is 65.4 Å². The monoisotopic (exact) mass is 326 g/mol. The van der Waals surface area contributed by atoms with Gasteiger partial charge in [-0.1, -0.05) is 0 Å². The number of nitrogen functional groups attached to an aromatic ring is 1.